The largest absolute Gasteiger partial charge is 0.497 e. The minimum absolute atomic E-state index is 0.0320. The van der Waals surface area contributed by atoms with Crippen LogP contribution in [0.25, 0.3) is 5.76 Å². The van der Waals surface area contributed by atoms with Gasteiger partial charge < -0.3 is 19.9 Å². The van der Waals surface area contributed by atoms with Gasteiger partial charge in [-0.1, -0.05) is 6.58 Å². The number of hydrogen-bond donors (Lipinski definition) is 1. The Labute approximate surface area is 195 Å². The Bertz CT molecular complexity index is 1140. The molecule has 4 heterocycles. The number of anilines is 3. The van der Waals surface area contributed by atoms with E-state index in [4.69, 9.17) is 14.8 Å². The van der Waals surface area contributed by atoms with Crippen LogP contribution in [0.5, 0.6) is 0 Å². The summed E-state index contributed by atoms with van der Waals surface area (Å²) in [5.74, 6) is 1.72. The molecule has 7 nitrogen and oxygen atoms in total. The number of methoxy groups -OCH3 is 1. The normalized spacial score (nSPS) is 19.5. The van der Waals surface area contributed by atoms with Crippen LogP contribution in [0.3, 0.4) is 0 Å². The second-order valence-electron chi connectivity index (χ2n) is 8.83. The van der Waals surface area contributed by atoms with Crippen molar-refractivity contribution in [3.05, 3.63) is 72.2 Å². The third-order valence-corrected chi connectivity index (χ3v) is 6.76. The molecule has 172 valence electrons. The molecule has 0 aliphatic carbocycles. The fourth-order valence-corrected chi connectivity index (χ4v) is 4.84. The summed E-state index contributed by atoms with van der Waals surface area (Å²) in [6.07, 6.45) is 6.48. The highest BCUT2D eigenvalue weighted by molar-refractivity contribution is 5.80. The summed E-state index contributed by atoms with van der Waals surface area (Å²) in [6.45, 7) is 11.0. The topological polar surface area (TPSA) is 58.5 Å². The molecule has 2 atom stereocenters. The lowest BCUT2D eigenvalue weighted by atomic mass is 10.1. The number of pyridine rings is 1. The van der Waals surface area contributed by atoms with E-state index in [1.54, 1.807) is 7.11 Å². The van der Waals surface area contributed by atoms with Crippen molar-refractivity contribution >= 4 is 23.0 Å². The highest BCUT2D eigenvalue weighted by Crippen LogP contribution is 2.43. The van der Waals surface area contributed by atoms with Gasteiger partial charge in [-0.05, 0) is 63.1 Å². The van der Waals surface area contributed by atoms with Crippen molar-refractivity contribution in [3.8, 4) is 0 Å². The molecule has 0 saturated carbocycles. The monoisotopic (exact) mass is 444 g/mol. The Morgan fingerprint density at radius 2 is 2.12 bits per heavy atom. The van der Waals surface area contributed by atoms with Gasteiger partial charge in [-0.15, -0.1) is 0 Å². The molecular weight excluding hydrogens is 412 g/mol. The average Bonchev–Trinajstić information content (AvgIpc) is 3.57. The highest BCUT2D eigenvalue weighted by atomic mass is 16.5. The molecule has 0 radical (unpaired) electrons. The number of nitrogens with zero attached hydrogens (tertiary/aromatic N) is 5. The fraction of sp³-hybridized carbons (Fsp3) is 0.385. The van der Waals surface area contributed by atoms with E-state index in [0.29, 0.717) is 18.3 Å². The predicted octanol–water partition coefficient (Wildman–Crippen LogP) is 5.03. The Hall–Kier alpha value is -3.48. The van der Waals surface area contributed by atoms with Crippen LogP contribution in [0.15, 0.2) is 55.4 Å². The van der Waals surface area contributed by atoms with Gasteiger partial charge in [-0.2, -0.15) is 5.10 Å². The maximum absolute atomic E-state index is 5.35. The molecule has 0 amide bonds. The molecule has 1 N–H and O–H groups in total. The Balaban J connectivity index is 1.46. The molecule has 3 aromatic rings. The second kappa shape index (κ2) is 8.81. The van der Waals surface area contributed by atoms with Crippen molar-refractivity contribution < 1.29 is 4.74 Å². The maximum atomic E-state index is 5.35. The van der Waals surface area contributed by atoms with Crippen molar-refractivity contribution in [2.75, 3.05) is 28.8 Å². The summed E-state index contributed by atoms with van der Waals surface area (Å²) in [6, 6.07) is 13.3. The summed E-state index contributed by atoms with van der Waals surface area (Å²) >= 11 is 0. The molecule has 2 aliphatic heterocycles. The average molecular weight is 445 g/mol. The number of ether oxygens (including phenoxy) is 1. The Morgan fingerprint density at radius 3 is 2.79 bits per heavy atom. The van der Waals surface area contributed by atoms with Crippen molar-refractivity contribution in [1.29, 1.82) is 0 Å². The number of fused-ring (bicyclic) bond motifs is 1. The van der Waals surface area contributed by atoms with Crippen LogP contribution in [0.1, 0.15) is 49.7 Å². The standard InChI is InChI=1S/C26H32N6O/c1-5-30-14-12-22(29-30)17-32-24-10-8-20(19(3)33-4)15-23(24)28-26(32)21-9-11-25(27-16-21)31-13-6-7-18(31)2/h8-12,14-16,18,26,28H,3,5-7,13,17H2,1-2,4H3. The van der Waals surface area contributed by atoms with E-state index in [9.17, 15) is 0 Å². The zero-order valence-corrected chi connectivity index (χ0v) is 19.7. The highest BCUT2D eigenvalue weighted by Gasteiger charge is 2.31. The van der Waals surface area contributed by atoms with Gasteiger partial charge in [0.05, 0.1) is 30.7 Å². The number of benzene rings is 1. The minimum atomic E-state index is -0.0320. The van der Waals surface area contributed by atoms with E-state index in [2.05, 4.69) is 71.9 Å². The molecule has 7 heteroatoms. The van der Waals surface area contributed by atoms with E-state index in [1.807, 2.05) is 17.1 Å². The van der Waals surface area contributed by atoms with Gasteiger partial charge in [-0.3, -0.25) is 4.68 Å². The smallest absolute Gasteiger partial charge is 0.128 e. The lowest BCUT2D eigenvalue weighted by Gasteiger charge is -2.27. The molecule has 1 saturated heterocycles. The van der Waals surface area contributed by atoms with Crippen LogP contribution >= 0.6 is 0 Å². The molecule has 0 bridgehead atoms. The number of rotatable bonds is 7. The van der Waals surface area contributed by atoms with E-state index in [-0.39, 0.29) is 6.17 Å². The van der Waals surface area contributed by atoms with Gasteiger partial charge in [0.25, 0.3) is 0 Å². The van der Waals surface area contributed by atoms with Gasteiger partial charge in [-0.25, -0.2) is 4.98 Å². The molecule has 2 unspecified atom stereocenters. The lowest BCUT2D eigenvalue weighted by Crippen LogP contribution is -2.29. The molecule has 2 aliphatic rings. The Kier molecular flexibility index (Phi) is 5.70. The summed E-state index contributed by atoms with van der Waals surface area (Å²) in [5, 5.41) is 8.42. The van der Waals surface area contributed by atoms with Crippen LogP contribution in [0.2, 0.25) is 0 Å². The third kappa shape index (κ3) is 4.03. The zero-order chi connectivity index (χ0) is 22.9. The third-order valence-electron chi connectivity index (χ3n) is 6.76. The first-order valence-electron chi connectivity index (χ1n) is 11.7. The quantitative estimate of drug-likeness (QED) is 0.516. The fourth-order valence-electron chi connectivity index (χ4n) is 4.84. The van der Waals surface area contributed by atoms with E-state index >= 15 is 0 Å². The van der Waals surface area contributed by atoms with Crippen molar-refractivity contribution in [2.24, 2.45) is 0 Å². The van der Waals surface area contributed by atoms with Gasteiger partial charge >= 0.3 is 0 Å². The van der Waals surface area contributed by atoms with Crippen LogP contribution in [-0.2, 0) is 17.8 Å². The first-order valence-corrected chi connectivity index (χ1v) is 11.7. The van der Waals surface area contributed by atoms with Gasteiger partial charge in [0.15, 0.2) is 0 Å². The van der Waals surface area contributed by atoms with Crippen LogP contribution in [0, 0.1) is 0 Å². The molecule has 1 fully saturated rings. The number of aromatic nitrogens is 3. The number of aryl methyl sites for hydroxylation is 1. The predicted molar refractivity (Wildman–Crippen MR) is 133 cm³/mol. The maximum Gasteiger partial charge on any atom is 0.128 e. The summed E-state index contributed by atoms with van der Waals surface area (Å²) in [7, 11) is 1.65. The molecule has 0 spiro atoms. The summed E-state index contributed by atoms with van der Waals surface area (Å²) < 4.78 is 7.32. The van der Waals surface area contributed by atoms with Crippen molar-refractivity contribution in [2.45, 2.75) is 52.0 Å². The number of nitrogens with one attached hydrogen (secondary N) is 1. The Morgan fingerprint density at radius 1 is 1.24 bits per heavy atom. The van der Waals surface area contributed by atoms with E-state index in [0.717, 1.165) is 47.1 Å². The van der Waals surface area contributed by atoms with Gasteiger partial charge in [0.2, 0.25) is 0 Å². The van der Waals surface area contributed by atoms with Crippen LogP contribution < -0.4 is 15.1 Å². The lowest BCUT2D eigenvalue weighted by molar-refractivity contribution is 0.371. The van der Waals surface area contributed by atoms with Gasteiger partial charge in [0, 0.05) is 42.7 Å². The summed E-state index contributed by atoms with van der Waals surface area (Å²) in [4.78, 5) is 9.60. The molecule has 1 aromatic carbocycles. The molecule has 5 rings (SSSR count). The first kappa shape index (κ1) is 21.4. The first-order chi connectivity index (χ1) is 16.1. The van der Waals surface area contributed by atoms with Gasteiger partial charge in [0.1, 0.15) is 17.7 Å². The SMILES string of the molecule is C=C(OC)c1ccc2c(c1)NC(c1ccc(N3CCCC3C)nc1)N2Cc1ccn(CC)n1. The van der Waals surface area contributed by atoms with Crippen LogP contribution in [-0.4, -0.2) is 34.5 Å². The van der Waals surface area contributed by atoms with E-state index < -0.39 is 0 Å². The zero-order valence-electron chi connectivity index (χ0n) is 19.7. The molecule has 2 aromatic heterocycles. The van der Waals surface area contributed by atoms with Crippen molar-refractivity contribution in [3.63, 3.8) is 0 Å². The van der Waals surface area contributed by atoms with Crippen LogP contribution in [0.4, 0.5) is 17.2 Å². The van der Waals surface area contributed by atoms with Crippen molar-refractivity contribution in [1.82, 2.24) is 14.8 Å². The van der Waals surface area contributed by atoms with E-state index in [1.165, 1.54) is 12.8 Å². The second-order valence-corrected chi connectivity index (χ2v) is 8.83. The number of hydrogen-bond acceptors (Lipinski definition) is 6. The molecule has 33 heavy (non-hydrogen) atoms. The minimum Gasteiger partial charge on any atom is -0.497 e. The molecular formula is C26H32N6O. The summed E-state index contributed by atoms with van der Waals surface area (Å²) in [5.41, 5.74) is 5.33.